The van der Waals surface area contributed by atoms with Crippen LogP contribution in [0.3, 0.4) is 0 Å². The molecule has 0 aromatic rings. The molecule has 1 heterocycles. The molecular formula is C26H42N4O4. The first-order valence-corrected chi connectivity index (χ1v) is 13.7. The SMILES string of the molecule is NC1CC(C(=O)NC2CCCC(C3CCC(C(=O)N4CCN(C(=O)C5(O)CC5)CC4)CC3)C2)C1. The van der Waals surface area contributed by atoms with Crippen molar-refractivity contribution in [1.29, 1.82) is 0 Å². The van der Waals surface area contributed by atoms with E-state index < -0.39 is 5.60 Å². The smallest absolute Gasteiger partial charge is 0.254 e. The fourth-order valence-electron chi connectivity index (χ4n) is 6.83. The summed E-state index contributed by atoms with van der Waals surface area (Å²) in [5, 5.41) is 13.4. The zero-order chi connectivity index (χ0) is 23.9. The van der Waals surface area contributed by atoms with Crippen LogP contribution in [0.2, 0.25) is 0 Å². The van der Waals surface area contributed by atoms with Crippen molar-refractivity contribution >= 4 is 17.7 Å². The lowest BCUT2D eigenvalue weighted by atomic mass is 9.69. The molecule has 2 atom stereocenters. The Balaban J connectivity index is 1.04. The zero-order valence-corrected chi connectivity index (χ0v) is 20.4. The number of nitrogens with one attached hydrogen (secondary N) is 1. The largest absolute Gasteiger partial charge is 0.380 e. The van der Waals surface area contributed by atoms with Gasteiger partial charge in [0.15, 0.2) is 0 Å². The maximum Gasteiger partial charge on any atom is 0.254 e. The summed E-state index contributed by atoms with van der Waals surface area (Å²) in [7, 11) is 0. The van der Waals surface area contributed by atoms with E-state index in [0.29, 0.717) is 56.9 Å². The highest BCUT2D eigenvalue weighted by Crippen LogP contribution is 2.41. The lowest BCUT2D eigenvalue weighted by molar-refractivity contribution is -0.148. The minimum absolute atomic E-state index is 0.105. The van der Waals surface area contributed by atoms with Gasteiger partial charge in [0.1, 0.15) is 5.60 Å². The van der Waals surface area contributed by atoms with E-state index in [4.69, 9.17) is 5.73 Å². The molecular weight excluding hydrogens is 432 g/mol. The molecule has 2 unspecified atom stereocenters. The van der Waals surface area contributed by atoms with Gasteiger partial charge in [-0.15, -0.1) is 0 Å². The number of carbonyl (C=O) groups excluding carboxylic acids is 3. The van der Waals surface area contributed by atoms with E-state index in [2.05, 4.69) is 5.32 Å². The number of piperazine rings is 1. The first-order valence-electron chi connectivity index (χ1n) is 13.7. The van der Waals surface area contributed by atoms with Crippen LogP contribution in [0.25, 0.3) is 0 Å². The molecule has 1 aliphatic heterocycles. The Morgan fingerprint density at radius 1 is 0.794 bits per heavy atom. The topological polar surface area (TPSA) is 116 Å². The zero-order valence-electron chi connectivity index (χ0n) is 20.4. The molecule has 8 heteroatoms. The standard InChI is InChI=1S/C26H42N4O4/c27-21-14-20(15-21)23(31)28-22-3-1-2-19(16-22)17-4-6-18(7-5-17)24(32)29-10-12-30(13-11-29)25(33)26(34)8-9-26/h17-22,34H,1-16,27H2,(H,28,31). The number of nitrogens with two attached hydrogens (primary N) is 1. The van der Waals surface area contributed by atoms with E-state index in [1.165, 1.54) is 12.8 Å². The van der Waals surface area contributed by atoms with Crippen LogP contribution in [0.1, 0.15) is 77.0 Å². The van der Waals surface area contributed by atoms with E-state index in [9.17, 15) is 19.5 Å². The van der Waals surface area contributed by atoms with Crippen molar-refractivity contribution in [2.24, 2.45) is 29.4 Å². The summed E-state index contributed by atoms with van der Waals surface area (Å²) in [5.41, 5.74) is 4.73. The molecule has 0 aromatic carbocycles. The van der Waals surface area contributed by atoms with E-state index in [1.807, 2.05) is 4.90 Å². The number of nitrogens with zero attached hydrogens (tertiary/aromatic N) is 2. The van der Waals surface area contributed by atoms with Crippen molar-refractivity contribution in [2.75, 3.05) is 26.2 Å². The van der Waals surface area contributed by atoms with Crippen LogP contribution in [0.4, 0.5) is 0 Å². The van der Waals surface area contributed by atoms with Gasteiger partial charge >= 0.3 is 0 Å². The molecule has 4 aliphatic carbocycles. The van der Waals surface area contributed by atoms with Crippen molar-refractivity contribution in [1.82, 2.24) is 15.1 Å². The van der Waals surface area contributed by atoms with Crippen molar-refractivity contribution in [2.45, 2.75) is 94.7 Å². The third kappa shape index (κ3) is 5.13. The summed E-state index contributed by atoms with van der Waals surface area (Å²) >= 11 is 0. The molecule has 3 amide bonds. The van der Waals surface area contributed by atoms with Gasteiger partial charge in [0.25, 0.3) is 5.91 Å². The Morgan fingerprint density at radius 3 is 2.06 bits per heavy atom. The second kappa shape index (κ2) is 9.76. The van der Waals surface area contributed by atoms with Crippen molar-refractivity contribution in [3.63, 3.8) is 0 Å². The number of aliphatic hydroxyl groups is 1. The van der Waals surface area contributed by atoms with Crippen LogP contribution in [0.5, 0.6) is 0 Å². The van der Waals surface area contributed by atoms with Crippen LogP contribution in [-0.4, -0.2) is 76.5 Å². The summed E-state index contributed by atoms with van der Waals surface area (Å²) in [6.07, 6.45) is 11.5. The monoisotopic (exact) mass is 474 g/mol. The molecule has 1 saturated heterocycles. The average molecular weight is 475 g/mol. The molecule has 0 spiro atoms. The van der Waals surface area contributed by atoms with Gasteiger partial charge in [-0.3, -0.25) is 14.4 Å². The normalized spacial score (nSPS) is 37.5. The summed E-state index contributed by atoms with van der Waals surface area (Å²) in [6, 6.07) is 0.504. The number of hydrogen-bond acceptors (Lipinski definition) is 5. The molecule has 5 rings (SSSR count). The molecule has 4 N–H and O–H groups in total. The second-order valence-corrected chi connectivity index (χ2v) is 11.8. The second-order valence-electron chi connectivity index (χ2n) is 11.8. The highest BCUT2D eigenvalue weighted by molar-refractivity contribution is 5.88. The lowest BCUT2D eigenvalue weighted by Crippen LogP contribution is -2.54. The number of rotatable bonds is 5. The lowest BCUT2D eigenvalue weighted by Gasteiger charge is -2.41. The Kier molecular flexibility index (Phi) is 6.90. The fourth-order valence-corrected chi connectivity index (χ4v) is 6.83. The quantitative estimate of drug-likeness (QED) is 0.557. The maximum absolute atomic E-state index is 13.1. The molecule has 4 saturated carbocycles. The Hall–Kier alpha value is -1.67. The van der Waals surface area contributed by atoms with Crippen LogP contribution >= 0.6 is 0 Å². The molecule has 5 fully saturated rings. The molecule has 5 aliphatic rings. The third-order valence-electron chi connectivity index (χ3n) is 9.39. The average Bonchev–Trinajstić information content (AvgIpc) is 3.60. The van der Waals surface area contributed by atoms with E-state index in [1.54, 1.807) is 4.90 Å². The summed E-state index contributed by atoms with van der Waals surface area (Å²) in [5.74, 6) is 1.84. The van der Waals surface area contributed by atoms with Crippen molar-refractivity contribution in [3.05, 3.63) is 0 Å². The highest BCUT2D eigenvalue weighted by atomic mass is 16.3. The van der Waals surface area contributed by atoms with E-state index in [0.717, 1.165) is 51.4 Å². The molecule has 8 nitrogen and oxygen atoms in total. The van der Waals surface area contributed by atoms with Gasteiger partial charge < -0.3 is 26.0 Å². The number of carbonyl (C=O) groups is 3. The minimum Gasteiger partial charge on any atom is -0.380 e. The first-order chi connectivity index (χ1) is 16.3. The highest BCUT2D eigenvalue weighted by Gasteiger charge is 2.50. The van der Waals surface area contributed by atoms with Crippen LogP contribution in [-0.2, 0) is 14.4 Å². The van der Waals surface area contributed by atoms with E-state index >= 15 is 0 Å². The predicted octanol–water partition coefficient (Wildman–Crippen LogP) is 1.40. The molecule has 0 radical (unpaired) electrons. The van der Waals surface area contributed by atoms with Gasteiger partial charge in [0.2, 0.25) is 11.8 Å². The van der Waals surface area contributed by atoms with E-state index in [-0.39, 0.29) is 35.6 Å². The minimum atomic E-state index is -1.11. The molecule has 0 aromatic heterocycles. The van der Waals surface area contributed by atoms with Crippen molar-refractivity contribution in [3.8, 4) is 0 Å². The molecule has 0 bridgehead atoms. The van der Waals surface area contributed by atoms with Crippen LogP contribution < -0.4 is 11.1 Å². The van der Waals surface area contributed by atoms with Gasteiger partial charge in [-0.1, -0.05) is 12.8 Å². The Morgan fingerprint density at radius 2 is 1.44 bits per heavy atom. The third-order valence-corrected chi connectivity index (χ3v) is 9.39. The van der Waals surface area contributed by atoms with Gasteiger partial charge in [0, 0.05) is 50.1 Å². The summed E-state index contributed by atoms with van der Waals surface area (Å²) in [4.78, 5) is 41.6. The van der Waals surface area contributed by atoms with Gasteiger partial charge in [0.05, 0.1) is 0 Å². The first kappa shape index (κ1) is 24.0. The summed E-state index contributed by atoms with van der Waals surface area (Å²) < 4.78 is 0. The Labute approximate surface area is 203 Å². The van der Waals surface area contributed by atoms with Crippen LogP contribution in [0, 0.1) is 23.7 Å². The predicted molar refractivity (Wildman–Crippen MR) is 127 cm³/mol. The number of hydrogen-bond donors (Lipinski definition) is 3. The summed E-state index contributed by atoms with van der Waals surface area (Å²) in [6.45, 7) is 2.22. The maximum atomic E-state index is 13.1. The van der Waals surface area contributed by atoms with Crippen molar-refractivity contribution < 1.29 is 19.5 Å². The van der Waals surface area contributed by atoms with Gasteiger partial charge in [-0.2, -0.15) is 0 Å². The number of amides is 3. The fraction of sp³-hybridized carbons (Fsp3) is 0.885. The molecule has 190 valence electrons. The van der Waals surface area contributed by atoms with Gasteiger partial charge in [-0.25, -0.2) is 0 Å². The van der Waals surface area contributed by atoms with Gasteiger partial charge in [-0.05, 0) is 76.0 Å². The molecule has 34 heavy (non-hydrogen) atoms. The Bertz CT molecular complexity index is 778. The van der Waals surface area contributed by atoms with Crippen LogP contribution in [0.15, 0.2) is 0 Å².